The molecule has 0 spiro atoms. The SMILES string of the molecule is CC=O.CCCCN(CCCC)c1ccc(/C=C/C2=C(OC)C=CC(/C=C/c3ccc(N(C)CCOC(=O)c4ccc(C)c(C)c4)cc3)C(OC)=C2)cc1. The number of esters is 1. The number of hydrogen-bond acceptors (Lipinski definition) is 7. The molecule has 0 saturated carbocycles. The molecule has 0 radical (unpaired) electrons. The van der Waals surface area contributed by atoms with Crippen LogP contribution in [0.25, 0.3) is 12.2 Å². The normalized spacial score (nSPS) is 13.9. The van der Waals surface area contributed by atoms with Crippen molar-refractivity contribution in [2.24, 2.45) is 5.92 Å². The third kappa shape index (κ3) is 13.6. The fourth-order valence-corrected chi connectivity index (χ4v) is 5.83. The van der Waals surface area contributed by atoms with E-state index in [0.29, 0.717) is 18.7 Å². The molecule has 4 rings (SSSR count). The molecule has 0 aromatic heterocycles. The molecule has 0 saturated heterocycles. The maximum absolute atomic E-state index is 12.5. The van der Waals surface area contributed by atoms with Crippen molar-refractivity contribution in [3.8, 4) is 0 Å². The summed E-state index contributed by atoms with van der Waals surface area (Å²) in [5.41, 5.74) is 8.32. The van der Waals surface area contributed by atoms with Gasteiger partial charge in [-0.05, 0) is 104 Å². The molecule has 0 heterocycles. The summed E-state index contributed by atoms with van der Waals surface area (Å²) in [6, 6.07) is 22.8. The molecule has 3 aromatic carbocycles. The zero-order valence-electron chi connectivity index (χ0n) is 33.6. The van der Waals surface area contributed by atoms with Crippen LogP contribution in [0.5, 0.6) is 0 Å². The molecule has 0 N–H and O–H groups in total. The molecular formula is C47H60N2O5. The highest BCUT2D eigenvalue weighted by atomic mass is 16.5. The minimum absolute atomic E-state index is 0.0584. The van der Waals surface area contributed by atoms with Gasteiger partial charge in [0, 0.05) is 37.1 Å². The average molecular weight is 733 g/mol. The van der Waals surface area contributed by atoms with E-state index in [2.05, 4.69) is 109 Å². The topological polar surface area (TPSA) is 68.3 Å². The Kier molecular flexibility index (Phi) is 18.7. The summed E-state index contributed by atoms with van der Waals surface area (Å²) in [7, 11) is 5.41. The van der Waals surface area contributed by atoms with E-state index in [1.165, 1.54) is 38.3 Å². The first-order valence-electron chi connectivity index (χ1n) is 19.1. The van der Waals surface area contributed by atoms with Gasteiger partial charge < -0.3 is 28.8 Å². The zero-order chi connectivity index (χ0) is 39.3. The third-order valence-corrected chi connectivity index (χ3v) is 9.33. The van der Waals surface area contributed by atoms with Gasteiger partial charge in [-0.25, -0.2) is 4.79 Å². The van der Waals surface area contributed by atoms with Crippen molar-refractivity contribution >= 4 is 35.8 Å². The molecule has 0 bridgehead atoms. The Morgan fingerprint density at radius 2 is 1.39 bits per heavy atom. The van der Waals surface area contributed by atoms with Crippen molar-refractivity contribution in [1.82, 2.24) is 0 Å². The van der Waals surface area contributed by atoms with Gasteiger partial charge in [0.05, 0.1) is 32.2 Å². The predicted molar refractivity (Wildman–Crippen MR) is 226 cm³/mol. The monoisotopic (exact) mass is 732 g/mol. The number of methoxy groups -OCH3 is 2. The number of unbranched alkanes of at least 4 members (excludes halogenated alkanes) is 2. The molecule has 1 atom stereocenters. The van der Waals surface area contributed by atoms with Crippen LogP contribution in [0.1, 0.15) is 79.1 Å². The van der Waals surface area contributed by atoms with E-state index in [9.17, 15) is 4.79 Å². The van der Waals surface area contributed by atoms with Crippen molar-refractivity contribution in [1.29, 1.82) is 0 Å². The molecular weight excluding hydrogens is 673 g/mol. The summed E-state index contributed by atoms with van der Waals surface area (Å²) < 4.78 is 17.2. The summed E-state index contributed by atoms with van der Waals surface area (Å²) in [5.74, 6) is 1.26. The number of anilines is 2. The summed E-state index contributed by atoms with van der Waals surface area (Å²) in [4.78, 5) is 25.9. The van der Waals surface area contributed by atoms with Crippen LogP contribution in [0.3, 0.4) is 0 Å². The molecule has 1 aliphatic rings. The second kappa shape index (κ2) is 23.4. The van der Waals surface area contributed by atoms with Crippen LogP contribution in [-0.4, -0.2) is 59.8 Å². The number of benzene rings is 3. The molecule has 0 aliphatic heterocycles. The smallest absolute Gasteiger partial charge is 0.338 e. The number of aldehydes is 1. The average Bonchev–Trinajstić information content (AvgIpc) is 3.36. The Bertz CT molecular complexity index is 1760. The highest BCUT2D eigenvalue weighted by Crippen LogP contribution is 2.27. The summed E-state index contributed by atoms with van der Waals surface area (Å²) in [6.07, 6.45) is 20.2. The van der Waals surface area contributed by atoms with Crippen LogP contribution in [0, 0.1) is 19.8 Å². The lowest BCUT2D eigenvalue weighted by Crippen LogP contribution is -2.25. The van der Waals surface area contributed by atoms with Crippen molar-refractivity contribution in [2.45, 2.75) is 60.3 Å². The van der Waals surface area contributed by atoms with Crippen LogP contribution in [-0.2, 0) is 19.0 Å². The number of carbonyl (C=O) groups excluding carboxylic acids is 2. The van der Waals surface area contributed by atoms with Crippen LogP contribution in [0.2, 0.25) is 0 Å². The fraction of sp³-hybridized carbons (Fsp3) is 0.362. The van der Waals surface area contributed by atoms with E-state index < -0.39 is 0 Å². The number of carbonyl (C=O) groups is 2. The van der Waals surface area contributed by atoms with E-state index in [1.807, 2.05) is 45.2 Å². The Morgan fingerprint density at radius 3 is 1.96 bits per heavy atom. The van der Waals surface area contributed by atoms with E-state index >= 15 is 0 Å². The van der Waals surface area contributed by atoms with Gasteiger partial charge in [0.1, 0.15) is 24.4 Å². The van der Waals surface area contributed by atoms with Gasteiger partial charge in [-0.3, -0.25) is 0 Å². The van der Waals surface area contributed by atoms with Gasteiger partial charge in [0.15, 0.2) is 0 Å². The van der Waals surface area contributed by atoms with Crippen molar-refractivity contribution in [3.63, 3.8) is 0 Å². The number of ether oxygens (including phenoxy) is 3. The van der Waals surface area contributed by atoms with Gasteiger partial charge in [-0.15, -0.1) is 0 Å². The summed E-state index contributed by atoms with van der Waals surface area (Å²) in [6.45, 7) is 13.1. The van der Waals surface area contributed by atoms with E-state index in [1.54, 1.807) is 14.2 Å². The standard InChI is InChI=1S/C45H56N2O4.C2H4O/c1-8-10-28-47(29-11-9-2)42-25-17-37(18-26-42)14-21-39-33-44(50-7)38(22-27-43(39)49-6)20-13-36-15-23-41(24-16-36)46(5)30-31-51-45(48)40-19-12-34(3)35(4)32-40;1-2-3/h12-27,32-33,38H,8-11,28-31H2,1-7H3;2H,1H3/b20-13+,21-14+;. The molecule has 288 valence electrons. The maximum atomic E-state index is 12.5. The highest BCUT2D eigenvalue weighted by Gasteiger charge is 2.15. The Labute approximate surface area is 324 Å². The van der Waals surface area contributed by atoms with Gasteiger partial charge in [-0.1, -0.05) is 87.4 Å². The second-order valence-electron chi connectivity index (χ2n) is 13.3. The van der Waals surface area contributed by atoms with E-state index in [0.717, 1.165) is 64.4 Å². The molecule has 54 heavy (non-hydrogen) atoms. The Hall–Kier alpha value is -5.30. The number of aryl methyl sites for hydroxylation is 2. The summed E-state index contributed by atoms with van der Waals surface area (Å²) in [5, 5.41) is 0. The number of hydrogen-bond donors (Lipinski definition) is 0. The van der Waals surface area contributed by atoms with Gasteiger partial charge in [0.2, 0.25) is 0 Å². The van der Waals surface area contributed by atoms with Crippen LogP contribution >= 0.6 is 0 Å². The lowest BCUT2D eigenvalue weighted by atomic mass is 10.0. The predicted octanol–water partition coefficient (Wildman–Crippen LogP) is 10.6. The van der Waals surface area contributed by atoms with Crippen LogP contribution in [0.15, 0.2) is 114 Å². The van der Waals surface area contributed by atoms with Crippen molar-refractivity contribution in [2.75, 3.05) is 57.3 Å². The quantitative estimate of drug-likeness (QED) is 0.0953. The third-order valence-electron chi connectivity index (χ3n) is 9.33. The van der Waals surface area contributed by atoms with Crippen LogP contribution < -0.4 is 9.80 Å². The first kappa shape index (κ1) is 43.1. The van der Waals surface area contributed by atoms with E-state index in [-0.39, 0.29) is 11.9 Å². The lowest BCUT2D eigenvalue weighted by molar-refractivity contribution is -0.106. The molecule has 0 amide bonds. The van der Waals surface area contributed by atoms with Gasteiger partial charge >= 0.3 is 5.97 Å². The minimum Gasteiger partial charge on any atom is -0.500 e. The highest BCUT2D eigenvalue weighted by molar-refractivity contribution is 5.89. The number of likely N-dealkylation sites (N-methyl/N-ethyl adjacent to an activating group) is 1. The Balaban J connectivity index is 0.00000253. The molecule has 1 unspecified atom stereocenters. The first-order valence-corrected chi connectivity index (χ1v) is 19.1. The molecule has 0 fully saturated rings. The zero-order valence-corrected chi connectivity index (χ0v) is 33.6. The minimum atomic E-state index is -0.294. The fourth-order valence-electron chi connectivity index (χ4n) is 5.83. The second-order valence-corrected chi connectivity index (χ2v) is 13.3. The molecule has 7 heteroatoms. The number of rotatable bonds is 18. The van der Waals surface area contributed by atoms with E-state index in [4.69, 9.17) is 19.0 Å². The summed E-state index contributed by atoms with van der Waals surface area (Å²) >= 11 is 0. The molecule has 1 aliphatic carbocycles. The van der Waals surface area contributed by atoms with Crippen LogP contribution in [0.4, 0.5) is 11.4 Å². The lowest BCUT2D eigenvalue weighted by Gasteiger charge is -2.24. The van der Waals surface area contributed by atoms with Crippen molar-refractivity contribution in [3.05, 3.63) is 142 Å². The largest absolute Gasteiger partial charge is 0.500 e. The first-order chi connectivity index (χ1) is 26.2. The molecule has 3 aromatic rings. The maximum Gasteiger partial charge on any atom is 0.338 e. The van der Waals surface area contributed by atoms with Gasteiger partial charge in [-0.2, -0.15) is 0 Å². The number of allylic oxidation sites excluding steroid dienone is 5. The Morgan fingerprint density at radius 1 is 0.778 bits per heavy atom. The van der Waals surface area contributed by atoms with Crippen molar-refractivity contribution < 1.29 is 23.8 Å². The van der Waals surface area contributed by atoms with Gasteiger partial charge in [0.25, 0.3) is 0 Å². The number of nitrogens with zero attached hydrogens (tertiary/aromatic N) is 2. The molecule has 7 nitrogen and oxygen atoms in total.